The lowest BCUT2D eigenvalue weighted by Gasteiger charge is -2.24. The van der Waals surface area contributed by atoms with E-state index in [1.807, 2.05) is 73.0 Å². The van der Waals surface area contributed by atoms with E-state index in [9.17, 15) is 4.79 Å². The SMILES string of the molecule is CCN(C(=O)C(C)Sc1nnc(-c2cccnc2)n1Cc1ccco1)c1ccccc1. The van der Waals surface area contributed by atoms with Gasteiger partial charge in [0.15, 0.2) is 11.0 Å². The number of furan rings is 1. The van der Waals surface area contributed by atoms with Gasteiger partial charge < -0.3 is 9.32 Å². The van der Waals surface area contributed by atoms with Crippen LogP contribution in [0.5, 0.6) is 0 Å². The van der Waals surface area contributed by atoms with Gasteiger partial charge in [-0.1, -0.05) is 30.0 Å². The van der Waals surface area contributed by atoms with Crippen molar-refractivity contribution in [1.29, 1.82) is 0 Å². The molecule has 0 fully saturated rings. The van der Waals surface area contributed by atoms with Gasteiger partial charge >= 0.3 is 0 Å². The normalized spacial score (nSPS) is 11.9. The lowest BCUT2D eigenvalue weighted by molar-refractivity contribution is -0.117. The molecule has 0 aliphatic carbocycles. The van der Waals surface area contributed by atoms with E-state index in [1.165, 1.54) is 11.8 Å². The molecule has 0 bridgehead atoms. The number of aromatic nitrogens is 4. The largest absolute Gasteiger partial charge is 0.467 e. The van der Waals surface area contributed by atoms with Crippen molar-refractivity contribution >= 4 is 23.4 Å². The van der Waals surface area contributed by atoms with Crippen LogP contribution < -0.4 is 4.90 Å². The van der Waals surface area contributed by atoms with Gasteiger partial charge in [-0.25, -0.2) is 0 Å². The van der Waals surface area contributed by atoms with E-state index in [1.54, 1.807) is 23.6 Å². The molecule has 0 aliphatic rings. The molecule has 0 saturated carbocycles. The first-order valence-corrected chi connectivity index (χ1v) is 10.9. The fraction of sp³-hybridized carbons (Fsp3) is 0.217. The van der Waals surface area contributed by atoms with Gasteiger partial charge in [0.2, 0.25) is 5.91 Å². The molecule has 158 valence electrons. The molecule has 3 aromatic heterocycles. The molecule has 1 amide bonds. The molecule has 0 aliphatic heterocycles. The number of anilines is 1. The van der Waals surface area contributed by atoms with Crippen molar-refractivity contribution in [1.82, 2.24) is 19.7 Å². The molecule has 31 heavy (non-hydrogen) atoms. The first-order valence-electron chi connectivity index (χ1n) is 10.1. The average molecular weight is 434 g/mol. The quantitative estimate of drug-likeness (QED) is 0.380. The maximum atomic E-state index is 13.2. The smallest absolute Gasteiger partial charge is 0.240 e. The number of amides is 1. The van der Waals surface area contributed by atoms with Crippen molar-refractivity contribution in [3.8, 4) is 11.4 Å². The molecule has 0 radical (unpaired) electrons. The van der Waals surface area contributed by atoms with Crippen molar-refractivity contribution in [3.05, 3.63) is 79.0 Å². The van der Waals surface area contributed by atoms with Crippen LogP contribution >= 0.6 is 11.8 Å². The summed E-state index contributed by atoms with van der Waals surface area (Å²) in [4.78, 5) is 19.2. The van der Waals surface area contributed by atoms with Crippen LogP contribution in [0, 0.1) is 0 Å². The molecule has 4 rings (SSSR count). The molecule has 1 aromatic carbocycles. The Morgan fingerprint density at radius 3 is 2.65 bits per heavy atom. The first kappa shape index (κ1) is 20.9. The van der Waals surface area contributed by atoms with Gasteiger partial charge in [0, 0.05) is 30.2 Å². The molecule has 8 heteroatoms. The minimum absolute atomic E-state index is 0.0224. The summed E-state index contributed by atoms with van der Waals surface area (Å²) in [6.45, 7) is 4.92. The molecule has 3 heterocycles. The van der Waals surface area contributed by atoms with Crippen LogP contribution in [0.2, 0.25) is 0 Å². The number of benzene rings is 1. The van der Waals surface area contributed by atoms with Crippen molar-refractivity contribution in [3.63, 3.8) is 0 Å². The number of para-hydroxylation sites is 1. The van der Waals surface area contributed by atoms with Gasteiger partial charge in [0.05, 0.1) is 18.1 Å². The summed E-state index contributed by atoms with van der Waals surface area (Å²) < 4.78 is 7.50. The summed E-state index contributed by atoms with van der Waals surface area (Å²) in [7, 11) is 0. The summed E-state index contributed by atoms with van der Waals surface area (Å²) in [5, 5.41) is 9.08. The maximum absolute atomic E-state index is 13.2. The van der Waals surface area contributed by atoms with Crippen molar-refractivity contribution in [2.45, 2.75) is 30.8 Å². The molecule has 1 atom stereocenters. The minimum atomic E-state index is -0.346. The van der Waals surface area contributed by atoms with Gasteiger partial charge in [-0.3, -0.25) is 14.3 Å². The van der Waals surface area contributed by atoms with Crippen LogP contribution in [0.4, 0.5) is 5.69 Å². The summed E-state index contributed by atoms with van der Waals surface area (Å²) in [6, 6.07) is 17.2. The van der Waals surface area contributed by atoms with Gasteiger partial charge in [0.1, 0.15) is 5.76 Å². The van der Waals surface area contributed by atoms with Crippen molar-refractivity contribution in [2.75, 3.05) is 11.4 Å². The zero-order valence-electron chi connectivity index (χ0n) is 17.4. The highest BCUT2D eigenvalue weighted by Gasteiger charge is 2.25. The standard InChI is InChI=1S/C23H23N5O2S/c1-3-27(19-10-5-4-6-11-19)22(29)17(2)31-23-26-25-21(18-9-7-13-24-15-18)28(23)16-20-12-8-14-30-20/h4-15,17H,3,16H2,1-2H3. The third-order valence-corrected chi connectivity index (χ3v) is 5.88. The van der Waals surface area contributed by atoms with Crippen LogP contribution in [-0.4, -0.2) is 37.5 Å². The number of rotatable bonds is 8. The predicted octanol–water partition coefficient (Wildman–Crippen LogP) is 4.52. The topological polar surface area (TPSA) is 77.1 Å². The lowest BCUT2D eigenvalue weighted by atomic mass is 10.2. The number of hydrogen-bond donors (Lipinski definition) is 0. The molecule has 0 spiro atoms. The molecular formula is C23H23N5O2S. The molecule has 7 nitrogen and oxygen atoms in total. The zero-order valence-corrected chi connectivity index (χ0v) is 18.2. The van der Waals surface area contributed by atoms with Crippen LogP contribution in [0.1, 0.15) is 19.6 Å². The number of hydrogen-bond acceptors (Lipinski definition) is 6. The molecule has 4 aromatic rings. The van der Waals surface area contributed by atoms with E-state index in [0.717, 1.165) is 17.0 Å². The van der Waals surface area contributed by atoms with E-state index < -0.39 is 0 Å². The van der Waals surface area contributed by atoms with E-state index in [0.29, 0.717) is 24.1 Å². The Labute approximate surface area is 185 Å². The first-order chi connectivity index (χ1) is 15.2. The number of thioether (sulfide) groups is 1. The fourth-order valence-electron chi connectivity index (χ4n) is 3.29. The molecule has 0 saturated heterocycles. The fourth-order valence-corrected chi connectivity index (χ4v) is 4.20. The van der Waals surface area contributed by atoms with Gasteiger partial charge in [0.25, 0.3) is 0 Å². The highest BCUT2D eigenvalue weighted by molar-refractivity contribution is 8.00. The second kappa shape index (κ2) is 9.61. The predicted molar refractivity (Wildman–Crippen MR) is 121 cm³/mol. The van der Waals surface area contributed by atoms with Crippen LogP contribution in [0.15, 0.2) is 82.8 Å². The van der Waals surface area contributed by atoms with Crippen LogP contribution in [0.3, 0.4) is 0 Å². The van der Waals surface area contributed by atoms with Crippen molar-refractivity contribution in [2.24, 2.45) is 0 Å². The summed E-state index contributed by atoms with van der Waals surface area (Å²) in [6.07, 6.45) is 5.11. The van der Waals surface area contributed by atoms with Gasteiger partial charge in [-0.05, 0) is 50.2 Å². The van der Waals surface area contributed by atoms with E-state index in [4.69, 9.17) is 4.42 Å². The van der Waals surface area contributed by atoms with Gasteiger partial charge in [-0.2, -0.15) is 0 Å². The second-order valence-electron chi connectivity index (χ2n) is 6.89. The second-order valence-corrected chi connectivity index (χ2v) is 8.20. The van der Waals surface area contributed by atoms with Crippen LogP contribution in [0.25, 0.3) is 11.4 Å². The lowest BCUT2D eigenvalue weighted by Crippen LogP contribution is -2.36. The Morgan fingerprint density at radius 2 is 1.97 bits per heavy atom. The Morgan fingerprint density at radius 1 is 1.13 bits per heavy atom. The maximum Gasteiger partial charge on any atom is 0.240 e. The highest BCUT2D eigenvalue weighted by Crippen LogP contribution is 2.29. The van der Waals surface area contributed by atoms with E-state index in [2.05, 4.69) is 15.2 Å². The highest BCUT2D eigenvalue weighted by atomic mass is 32.2. The average Bonchev–Trinajstić information content (AvgIpc) is 3.46. The van der Waals surface area contributed by atoms with E-state index in [-0.39, 0.29) is 11.2 Å². The number of pyridine rings is 1. The zero-order chi connectivity index (χ0) is 21.6. The Hall–Kier alpha value is -3.39. The van der Waals surface area contributed by atoms with Crippen LogP contribution in [-0.2, 0) is 11.3 Å². The number of nitrogens with zero attached hydrogens (tertiary/aromatic N) is 5. The summed E-state index contributed by atoms with van der Waals surface area (Å²) >= 11 is 1.39. The third-order valence-electron chi connectivity index (χ3n) is 4.81. The Kier molecular flexibility index (Phi) is 6.47. The number of carbonyl (C=O) groups is 1. The number of carbonyl (C=O) groups excluding carboxylic acids is 1. The van der Waals surface area contributed by atoms with E-state index >= 15 is 0 Å². The Balaban J connectivity index is 1.61. The molecule has 0 N–H and O–H groups in total. The molecular weight excluding hydrogens is 410 g/mol. The van der Waals surface area contributed by atoms with Gasteiger partial charge in [-0.15, -0.1) is 10.2 Å². The van der Waals surface area contributed by atoms with Crippen molar-refractivity contribution < 1.29 is 9.21 Å². The molecule has 1 unspecified atom stereocenters. The monoisotopic (exact) mass is 433 g/mol. The summed E-state index contributed by atoms with van der Waals surface area (Å²) in [5.74, 6) is 1.49. The Bertz CT molecular complexity index is 1110. The summed E-state index contributed by atoms with van der Waals surface area (Å²) in [5.41, 5.74) is 1.74. The third kappa shape index (κ3) is 4.69. The minimum Gasteiger partial charge on any atom is -0.467 e.